The van der Waals surface area contributed by atoms with Crippen LogP contribution in [0, 0.1) is 0 Å². The fourth-order valence-electron chi connectivity index (χ4n) is 1.72. The van der Waals surface area contributed by atoms with Gasteiger partial charge in [-0.25, -0.2) is 19.7 Å². The largest absolute Gasteiger partial charge is 0.463 e. The van der Waals surface area contributed by atoms with Crippen molar-refractivity contribution in [1.29, 1.82) is 0 Å². The van der Waals surface area contributed by atoms with Crippen LogP contribution in [0.2, 0.25) is 0 Å². The van der Waals surface area contributed by atoms with Crippen molar-refractivity contribution in [3.8, 4) is 5.82 Å². The van der Waals surface area contributed by atoms with Crippen LogP contribution in [-0.2, 0) is 4.74 Å². The number of para-hydroxylation sites is 2. The minimum absolute atomic E-state index is 0.0677. The number of nitrogens with zero attached hydrogens (tertiary/aromatic N) is 5. The summed E-state index contributed by atoms with van der Waals surface area (Å²) in [6, 6.07) is 7.31. The third-order valence-electron chi connectivity index (χ3n) is 2.65. The fraction of sp³-hybridized carbons (Fsp3) is 0.0833. The molecule has 0 aliphatic carbocycles. The normalized spacial score (nSPS) is 10.7. The second-order valence-electron chi connectivity index (χ2n) is 3.93. The van der Waals surface area contributed by atoms with E-state index in [0.29, 0.717) is 16.9 Å². The van der Waals surface area contributed by atoms with E-state index in [-0.39, 0.29) is 11.6 Å². The summed E-state index contributed by atoms with van der Waals surface area (Å²) in [5, 5.41) is 3.97. The molecule has 2 aromatic heterocycles. The molecular weight excluding hydrogens is 260 g/mol. The maximum absolute atomic E-state index is 11.3. The van der Waals surface area contributed by atoms with Gasteiger partial charge in [0.25, 0.3) is 5.82 Å². The molecular formula is C12H10N6O2. The lowest BCUT2D eigenvalue weighted by Crippen LogP contribution is -2.08. The number of hydrogen-bond acceptors (Lipinski definition) is 7. The number of aromatic nitrogens is 5. The van der Waals surface area contributed by atoms with Gasteiger partial charge in [0.1, 0.15) is 6.33 Å². The molecule has 0 amide bonds. The van der Waals surface area contributed by atoms with E-state index in [1.807, 2.05) is 24.3 Å². The molecule has 1 aromatic carbocycles. The molecule has 0 bridgehead atoms. The monoisotopic (exact) mass is 270 g/mol. The Bertz CT molecular complexity index is 797. The summed E-state index contributed by atoms with van der Waals surface area (Å²) in [4.78, 5) is 23.8. The van der Waals surface area contributed by atoms with Crippen LogP contribution in [-0.4, -0.2) is 37.8 Å². The van der Waals surface area contributed by atoms with Crippen molar-refractivity contribution in [1.82, 2.24) is 24.7 Å². The first-order valence-electron chi connectivity index (χ1n) is 5.71. The molecule has 0 saturated carbocycles. The number of anilines is 1. The van der Waals surface area contributed by atoms with Crippen molar-refractivity contribution >= 4 is 22.8 Å². The Kier molecular flexibility index (Phi) is 2.75. The average Bonchev–Trinajstić information content (AvgIpc) is 2.95. The second kappa shape index (κ2) is 4.57. The van der Waals surface area contributed by atoms with Gasteiger partial charge in [-0.2, -0.15) is 4.68 Å². The number of nitrogens with two attached hydrogens (primary N) is 1. The third kappa shape index (κ3) is 1.92. The number of fused-ring (bicyclic) bond motifs is 1. The molecule has 0 atom stereocenters. The van der Waals surface area contributed by atoms with E-state index in [9.17, 15) is 4.79 Å². The van der Waals surface area contributed by atoms with Crippen LogP contribution in [0.1, 0.15) is 10.6 Å². The topological polar surface area (TPSA) is 109 Å². The highest BCUT2D eigenvalue weighted by Gasteiger charge is 2.15. The fourth-order valence-corrected chi connectivity index (χ4v) is 1.72. The second-order valence-corrected chi connectivity index (χ2v) is 3.93. The Hall–Kier alpha value is -3.03. The van der Waals surface area contributed by atoms with Crippen LogP contribution in [0.25, 0.3) is 16.9 Å². The van der Waals surface area contributed by atoms with E-state index in [4.69, 9.17) is 5.73 Å². The van der Waals surface area contributed by atoms with Crippen molar-refractivity contribution in [2.75, 3.05) is 12.8 Å². The first-order valence-corrected chi connectivity index (χ1v) is 5.71. The highest BCUT2D eigenvalue weighted by molar-refractivity contribution is 5.84. The van der Waals surface area contributed by atoms with Gasteiger partial charge in [-0.05, 0) is 12.1 Å². The summed E-state index contributed by atoms with van der Waals surface area (Å²) >= 11 is 0. The summed E-state index contributed by atoms with van der Waals surface area (Å²) in [6.45, 7) is 0. The number of hydrogen-bond donors (Lipinski definition) is 1. The van der Waals surface area contributed by atoms with Crippen molar-refractivity contribution in [2.45, 2.75) is 0 Å². The van der Waals surface area contributed by atoms with Gasteiger partial charge < -0.3 is 10.5 Å². The standard InChI is InChI=1S/C12H10N6O2/c1-20-12(19)10-14-6-18(17-10)11-9(13)15-7-4-2-3-5-8(7)16-11/h2-6H,1H3,(H2,13,15). The summed E-state index contributed by atoms with van der Waals surface area (Å²) < 4.78 is 5.83. The molecule has 20 heavy (non-hydrogen) atoms. The zero-order valence-electron chi connectivity index (χ0n) is 10.5. The molecule has 100 valence electrons. The number of rotatable bonds is 2. The van der Waals surface area contributed by atoms with Crippen molar-refractivity contribution in [3.05, 3.63) is 36.4 Å². The van der Waals surface area contributed by atoms with Gasteiger partial charge in [0.15, 0.2) is 11.6 Å². The molecule has 0 fully saturated rings. The average molecular weight is 270 g/mol. The van der Waals surface area contributed by atoms with Gasteiger partial charge in [-0.1, -0.05) is 12.1 Å². The van der Waals surface area contributed by atoms with Crippen LogP contribution in [0.5, 0.6) is 0 Å². The molecule has 2 N–H and O–H groups in total. The summed E-state index contributed by atoms with van der Waals surface area (Å²) in [6.07, 6.45) is 1.33. The molecule has 2 heterocycles. The quantitative estimate of drug-likeness (QED) is 0.678. The van der Waals surface area contributed by atoms with Crippen molar-refractivity contribution in [2.24, 2.45) is 0 Å². The van der Waals surface area contributed by atoms with Gasteiger partial charge in [0.2, 0.25) is 0 Å². The first-order chi connectivity index (χ1) is 9.69. The molecule has 3 aromatic rings. The molecule has 3 rings (SSSR count). The predicted octanol–water partition coefficient (Wildman–Crippen LogP) is 0.579. The maximum Gasteiger partial charge on any atom is 0.377 e. The number of carbonyl (C=O) groups excluding carboxylic acids is 1. The molecule has 0 spiro atoms. The zero-order chi connectivity index (χ0) is 14.1. The summed E-state index contributed by atoms with van der Waals surface area (Å²) in [5.41, 5.74) is 7.21. The molecule has 0 unspecified atom stereocenters. The van der Waals surface area contributed by atoms with Crippen molar-refractivity contribution in [3.63, 3.8) is 0 Å². The SMILES string of the molecule is COC(=O)c1ncn(-c2nc3ccccc3nc2N)n1. The maximum atomic E-state index is 11.3. The van der Waals surface area contributed by atoms with Crippen LogP contribution >= 0.6 is 0 Å². The molecule has 0 saturated heterocycles. The van der Waals surface area contributed by atoms with E-state index in [1.165, 1.54) is 18.1 Å². The molecule has 8 heteroatoms. The van der Waals surface area contributed by atoms with E-state index < -0.39 is 5.97 Å². The molecule has 0 radical (unpaired) electrons. The first kappa shape index (κ1) is 12.0. The van der Waals surface area contributed by atoms with Gasteiger partial charge in [-0.3, -0.25) is 0 Å². The van der Waals surface area contributed by atoms with E-state index in [2.05, 4.69) is 24.8 Å². The Morgan fingerprint density at radius 2 is 1.95 bits per heavy atom. The van der Waals surface area contributed by atoms with Gasteiger partial charge in [0.05, 0.1) is 18.1 Å². The molecule has 0 aliphatic heterocycles. The number of carbonyl (C=O) groups is 1. The summed E-state index contributed by atoms with van der Waals surface area (Å²) in [7, 11) is 1.26. The van der Waals surface area contributed by atoms with E-state index in [1.54, 1.807) is 0 Å². The highest BCUT2D eigenvalue weighted by Crippen LogP contribution is 2.16. The Morgan fingerprint density at radius 3 is 2.65 bits per heavy atom. The van der Waals surface area contributed by atoms with Crippen LogP contribution < -0.4 is 5.73 Å². The van der Waals surface area contributed by atoms with Gasteiger partial charge >= 0.3 is 5.97 Å². The van der Waals surface area contributed by atoms with E-state index >= 15 is 0 Å². The minimum atomic E-state index is -0.629. The van der Waals surface area contributed by atoms with Crippen LogP contribution in [0.3, 0.4) is 0 Å². The van der Waals surface area contributed by atoms with Crippen LogP contribution in [0.4, 0.5) is 5.82 Å². The smallest absolute Gasteiger partial charge is 0.377 e. The van der Waals surface area contributed by atoms with Gasteiger partial charge in [0, 0.05) is 0 Å². The predicted molar refractivity (Wildman–Crippen MR) is 70.2 cm³/mol. The lowest BCUT2D eigenvalue weighted by atomic mass is 10.3. The number of nitrogen functional groups attached to an aromatic ring is 1. The van der Waals surface area contributed by atoms with Crippen molar-refractivity contribution < 1.29 is 9.53 Å². The Morgan fingerprint density at radius 1 is 1.25 bits per heavy atom. The minimum Gasteiger partial charge on any atom is -0.463 e. The molecule has 0 aliphatic rings. The molecule has 8 nitrogen and oxygen atoms in total. The van der Waals surface area contributed by atoms with Crippen LogP contribution in [0.15, 0.2) is 30.6 Å². The summed E-state index contributed by atoms with van der Waals surface area (Å²) in [5.74, 6) is -0.186. The third-order valence-corrected chi connectivity index (χ3v) is 2.65. The Balaban J connectivity index is 2.11. The van der Waals surface area contributed by atoms with E-state index in [0.717, 1.165) is 0 Å². The zero-order valence-corrected chi connectivity index (χ0v) is 10.5. The van der Waals surface area contributed by atoms with Gasteiger partial charge in [-0.15, -0.1) is 5.10 Å². The lowest BCUT2D eigenvalue weighted by Gasteiger charge is -2.04. The number of esters is 1. The lowest BCUT2D eigenvalue weighted by molar-refractivity contribution is 0.0587. The highest BCUT2D eigenvalue weighted by atomic mass is 16.5. The number of ether oxygens (including phenoxy) is 1. The number of methoxy groups -OCH3 is 1. The number of benzene rings is 1. The Labute approximate surface area is 113 Å².